The summed E-state index contributed by atoms with van der Waals surface area (Å²) in [5.74, 6) is 0.0923. The van der Waals surface area contributed by atoms with Crippen LogP contribution in [0, 0.1) is 0 Å². The molecule has 1 fully saturated rings. The molecule has 0 saturated carbocycles. The molecule has 0 unspecified atom stereocenters. The van der Waals surface area contributed by atoms with Gasteiger partial charge >= 0.3 is 0 Å². The molecule has 0 amide bonds. The molecule has 1 saturated heterocycles. The lowest BCUT2D eigenvalue weighted by Crippen LogP contribution is -2.46. The minimum absolute atomic E-state index is 0.0923. The highest BCUT2D eigenvalue weighted by Gasteiger charge is 2.16. The van der Waals surface area contributed by atoms with Crippen LogP contribution in [0.5, 0.6) is 5.75 Å². The standard InChI is InChI=1S/C22H29N2O/c25-22-13-11-21(12-14-22)24-18-16-23(17-19-24)15-7-2-1-4-8-20-9-5-3-6-10-20/h3,5-6,9-14H,1-2,4,7-8,15-19H2. The first-order valence-electron chi connectivity index (χ1n) is 9.59. The Morgan fingerprint density at radius 3 is 2.12 bits per heavy atom. The molecule has 133 valence electrons. The van der Waals surface area contributed by atoms with Crippen molar-refractivity contribution in [3.63, 3.8) is 0 Å². The Morgan fingerprint density at radius 2 is 1.40 bits per heavy atom. The molecular weight excluding hydrogens is 308 g/mol. The van der Waals surface area contributed by atoms with Crippen LogP contribution in [0.15, 0.2) is 54.6 Å². The molecule has 1 heterocycles. The van der Waals surface area contributed by atoms with E-state index < -0.39 is 0 Å². The van der Waals surface area contributed by atoms with Crippen LogP contribution in [0.3, 0.4) is 0 Å². The predicted octanol–water partition coefficient (Wildman–Crippen LogP) is 4.76. The van der Waals surface area contributed by atoms with Gasteiger partial charge in [-0.3, -0.25) is 10.0 Å². The highest BCUT2D eigenvalue weighted by atomic mass is 16.3. The molecular formula is C22H29N2O. The lowest BCUT2D eigenvalue weighted by Gasteiger charge is -2.36. The van der Waals surface area contributed by atoms with E-state index in [1.54, 1.807) is 12.1 Å². The number of piperazine rings is 1. The van der Waals surface area contributed by atoms with Crippen LogP contribution < -0.4 is 4.90 Å². The van der Waals surface area contributed by atoms with Crippen LogP contribution in [0.4, 0.5) is 5.69 Å². The molecule has 2 aromatic rings. The number of anilines is 1. The third kappa shape index (κ3) is 5.79. The van der Waals surface area contributed by atoms with Crippen molar-refractivity contribution >= 4 is 5.69 Å². The van der Waals surface area contributed by atoms with Crippen molar-refractivity contribution < 1.29 is 5.11 Å². The molecule has 0 bridgehead atoms. The van der Waals surface area contributed by atoms with E-state index in [0.717, 1.165) is 26.2 Å². The maximum absolute atomic E-state index is 11.2. The minimum atomic E-state index is 0.0923. The maximum Gasteiger partial charge on any atom is 0.178 e. The summed E-state index contributed by atoms with van der Waals surface area (Å²) in [6.07, 6.45) is 6.48. The van der Waals surface area contributed by atoms with Crippen molar-refractivity contribution in [1.29, 1.82) is 0 Å². The zero-order valence-corrected chi connectivity index (χ0v) is 15.1. The smallest absolute Gasteiger partial charge is 0.178 e. The second-order valence-corrected chi connectivity index (χ2v) is 6.97. The largest absolute Gasteiger partial charge is 0.369 e. The first kappa shape index (κ1) is 17.8. The number of aryl methyl sites for hydroxylation is 1. The summed E-state index contributed by atoms with van der Waals surface area (Å²) < 4.78 is 0. The topological polar surface area (TPSA) is 26.4 Å². The first-order valence-corrected chi connectivity index (χ1v) is 9.59. The van der Waals surface area contributed by atoms with Gasteiger partial charge in [-0.2, -0.15) is 0 Å². The summed E-state index contributed by atoms with van der Waals surface area (Å²) in [6.45, 7) is 5.60. The molecule has 1 radical (unpaired) electrons. The van der Waals surface area contributed by atoms with Gasteiger partial charge in [-0.1, -0.05) is 43.2 Å². The second-order valence-electron chi connectivity index (χ2n) is 6.97. The third-order valence-electron chi connectivity index (χ3n) is 5.11. The molecule has 0 spiro atoms. The van der Waals surface area contributed by atoms with Gasteiger partial charge in [0, 0.05) is 31.9 Å². The maximum atomic E-state index is 11.2. The highest BCUT2D eigenvalue weighted by molar-refractivity contribution is 5.49. The van der Waals surface area contributed by atoms with Gasteiger partial charge in [0.05, 0.1) is 0 Å². The van der Waals surface area contributed by atoms with Crippen LogP contribution in [0.1, 0.15) is 31.2 Å². The fourth-order valence-electron chi connectivity index (χ4n) is 3.55. The summed E-state index contributed by atoms with van der Waals surface area (Å²) in [4.78, 5) is 4.96. The molecule has 0 aliphatic carbocycles. The van der Waals surface area contributed by atoms with E-state index in [2.05, 4.69) is 40.1 Å². The Bertz CT molecular complexity index is 604. The molecule has 1 aliphatic heterocycles. The summed E-state index contributed by atoms with van der Waals surface area (Å²) in [7, 11) is 0. The van der Waals surface area contributed by atoms with Gasteiger partial charge in [0.25, 0.3) is 0 Å². The number of rotatable bonds is 8. The van der Waals surface area contributed by atoms with Crippen LogP contribution in [-0.2, 0) is 11.5 Å². The van der Waals surface area contributed by atoms with Crippen molar-refractivity contribution in [2.75, 3.05) is 37.6 Å². The van der Waals surface area contributed by atoms with Crippen molar-refractivity contribution in [1.82, 2.24) is 4.90 Å². The Hall–Kier alpha value is -2.00. The van der Waals surface area contributed by atoms with E-state index >= 15 is 0 Å². The number of unbranched alkanes of at least 4 members (excludes halogenated alkanes) is 3. The molecule has 0 N–H and O–H groups in total. The fourth-order valence-corrected chi connectivity index (χ4v) is 3.55. The predicted molar refractivity (Wildman–Crippen MR) is 104 cm³/mol. The van der Waals surface area contributed by atoms with Crippen molar-refractivity contribution in [2.45, 2.75) is 32.1 Å². The molecule has 3 nitrogen and oxygen atoms in total. The Morgan fingerprint density at radius 1 is 0.720 bits per heavy atom. The zero-order valence-electron chi connectivity index (χ0n) is 15.1. The highest BCUT2D eigenvalue weighted by Crippen LogP contribution is 2.20. The van der Waals surface area contributed by atoms with E-state index in [1.165, 1.54) is 49.9 Å². The van der Waals surface area contributed by atoms with Gasteiger partial charge < -0.3 is 4.90 Å². The summed E-state index contributed by atoms with van der Waals surface area (Å²) in [6, 6.07) is 18.0. The minimum Gasteiger partial charge on any atom is -0.369 e. The van der Waals surface area contributed by atoms with E-state index in [9.17, 15) is 5.11 Å². The number of nitrogens with zero attached hydrogens (tertiary/aromatic N) is 2. The zero-order chi connectivity index (χ0) is 17.3. The molecule has 3 rings (SSSR count). The molecule has 0 aromatic heterocycles. The Labute approximate surface area is 151 Å². The number of benzene rings is 2. The summed E-state index contributed by atoms with van der Waals surface area (Å²) in [5, 5.41) is 11.2. The molecule has 25 heavy (non-hydrogen) atoms. The monoisotopic (exact) mass is 337 g/mol. The van der Waals surface area contributed by atoms with Crippen molar-refractivity contribution in [3.8, 4) is 5.75 Å². The van der Waals surface area contributed by atoms with Crippen molar-refractivity contribution in [2.24, 2.45) is 0 Å². The lowest BCUT2D eigenvalue weighted by molar-refractivity contribution is 0.252. The summed E-state index contributed by atoms with van der Waals surface area (Å²) in [5.41, 5.74) is 2.64. The average Bonchev–Trinajstić information content (AvgIpc) is 2.67. The van der Waals surface area contributed by atoms with Gasteiger partial charge in [-0.15, -0.1) is 0 Å². The van der Waals surface area contributed by atoms with Crippen LogP contribution in [-0.4, -0.2) is 37.6 Å². The van der Waals surface area contributed by atoms with Crippen LogP contribution in [0.25, 0.3) is 0 Å². The molecule has 3 heteroatoms. The Balaban J connectivity index is 1.26. The van der Waals surface area contributed by atoms with Gasteiger partial charge in [0.1, 0.15) is 0 Å². The van der Waals surface area contributed by atoms with Crippen molar-refractivity contribution in [3.05, 3.63) is 60.2 Å². The van der Waals surface area contributed by atoms with E-state index in [4.69, 9.17) is 0 Å². The van der Waals surface area contributed by atoms with Crippen LogP contribution >= 0.6 is 0 Å². The fraction of sp³-hybridized carbons (Fsp3) is 0.455. The quantitative estimate of drug-likeness (QED) is 0.650. The third-order valence-corrected chi connectivity index (χ3v) is 5.11. The number of hydrogen-bond acceptors (Lipinski definition) is 2. The van der Waals surface area contributed by atoms with E-state index in [-0.39, 0.29) is 5.75 Å². The van der Waals surface area contributed by atoms with Gasteiger partial charge in [0.15, 0.2) is 5.75 Å². The molecule has 2 aromatic carbocycles. The van der Waals surface area contributed by atoms with E-state index in [0.29, 0.717) is 0 Å². The lowest BCUT2D eigenvalue weighted by atomic mass is 10.1. The molecule has 0 atom stereocenters. The normalized spacial score (nSPS) is 15.4. The first-order chi connectivity index (χ1) is 12.3. The van der Waals surface area contributed by atoms with Gasteiger partial charge in [-0.05, 0) is 55.6 Å². The van der Waals surface area contributed by atoms with Gasteiger partial charge in [-0.25, -0.2) is 0 Å². The Kier molecular flexibility index (Phi) is 6.75. The SMILES string of the molecule is [O]c1ccc(N2CCN(CCCCCCc3ccccc3)CC2)cc1. The average molecular weight is 337 g/mol. The van der Waals surface area contributed by atoms with Gasteiger partial charge in [0.2, 0.25) is 0 Å². The summed E-state index contributed by atoms with van der Waals surface area (Å²) >= 11 is 0. The second kappa shape index (κ2) is 9.47. The number of hydrogen-bond donors (Lipinski definition) is 0. The van der Waals surface area contributed by atoms with Crippen LogP contribution in [0.2, 0.25) is 0 Å². The molecule has 1 aliphatic rings. The van der Waals surface area contributed by atoms with E-state index in [1.807, 2.05) is 12.1 Å².